The highest BCUT2D eigenvalue weighted by molar-refractivity contribution is 7.71. The third-order valence-electron chi connectivity index (χ3n) is 3.72. The van der Waals surface area contributed by atoms with Gasteiger partial charge in [-0.15, -0.1) is 0 Å². The van der Waals surface area contributed by atoms with E-state index >= 15 is 0 Å². The lowest BCUT2D eigenvalue weighted by Crippen LogP contribution is -2.08. The lowest BCUT2D eigenvalue weighted by Gasteiger charge is -2.13. The highest BCUT2D eigenvalue weighted by atomic mass is 32.1. The SMILES string of the molecule is CCOc1cccc(/C=N\n2c([C@H]3CCCO3)n[nH]c2=S)c1OC(F)F. The molecule has 140 valence electrons. The van der Waals surface area contributed by atoms with Gasteiger partial charge in [-0.2, -0.15) is 23.7 Å². The first-order valence-electron chi connectivity index (χ1n) is 8.14. The van der Waals surface area contributed by atoms with Gasteiger partial charge in [-0.05, 0) is 44.1 Å². The summed E-state index contributed by atoms with van der Waals surface area (Å²) in [5, 5.41) is 11.1. The van der Waals surface area contributed by atoms with E-state index in [2.05, 4.69) is 20.0 Å². The van der Waals surface area contributed by atoms with Crippen molar-refractivity contribution in [1.82, 2.24) is 14.9 Å². The molecule has 1 N–H and O–H groups in total. The second-order valence-electron chi connectivity index (χ2n) is 5.43. The summed E-state index contributed by atoms with van der Waals surface area (Å²) >= 11 is 5.19. The molecule has 0 unspecified atom stereocenters. The van der Waals surface area contributed by atoms with Crippen LogP contribution in [-0.4, -0.2) is 40.9 Å². The topological polar surface area (TPSA) is 73.7 Å². The van der Waals surface area contributed by atoms with Crippen LogP contribution in [0.1, 0.15) is 37.3 Å². The van der Waals surface area contributed by atoms with E-state index in [-0.39, 0.29) is 22.4 Å². The molecule has 2 heterocycles. The number of H-pyrrole nitrogens is 1. The van der Waals surface area contributed by atoms with E-state index in [0.717, 1.165) is 12.8 Å². The largest absolute Gasteiger partial charge is 0.490 e. The van der Waals surface area contributed by atoms with Crippen LogP contribution in [0.3, 0.4) is 0 Å². The molecule has 0 spiro atoms. The zero-order valence-electron chi connectivity index (χ0n) is 14.0. The first-order chi connectivity index (χ1) is 12.6. The van der Waals surface area contributed by atoms with Crippen LogP contribution in [0.4, 0.5) is 8.78 Å². The van der Waals surface area contributed by atoms with Crippen molar-refractivity contribution in [1.29, 1.82) is 0 Å². The number of nitrogens with one attached hydrogen (secondary N) is 1. The molecule has 1 aliphatic heterocycles. The first-order valence-corrected chi connectivity index (χ1v) is 8.55. The number of alkyl halides is 2. The number of hydrogen-bond donors (Lipinski definition) is 1. The molecule has 10 heteroatoms. The molecule has 1 aliphatic rings. The summed E-state index contributed by atoms with van der Waals surface area (Å²) < 4.78 is 42.9. The molecule has 2 aromatic rings. The van der Waals surface area contributed by atoms with Gasteiger partial charge in [0.15, 0.2) is 17.3 Å². The molecule has 0 bridgehead atoms. The van der Waals surface area contributed by atoms with Crippen molar-refractivity contribution >= 4 is 18.4 Å². The van der Waals surface area contributed by atoms with E-state index in [1.165, 1.54) is 10.9 Å². The van der Waals surface area contributed by atoms with Crippen molar-refractivity contribution in [2.75, 3.05) is 13.2 Å². The Morgan fingerprint density at radius 2 is 2.38 bits per heavy atom. The number of nitrogens with zero attached hydrogens (tertiary/aromatic N) is 3. The predicted octanol–water partition coefficient (Wildman–Crippen LogP) is 3.67. The summed E-state index contributed by atoms with van der Waals surface area (Å²) in [6.07, 6.45) is 2.92. The highest BCUT2D eigenvalue weighted by Gasteiger charge is 2.23. The lowest BCUT2D eigenvalue weighted by molar-refractivity contribution is -0.0515. The van der Waals surface area contributed by atoms with Crippen LogP contribution in [0.5, 0.6) is 11.5 Å². The van der Waals surface area contributed by atoms with Gasteiger partial charge in [-0.1, -0.05) is 6.07 Å². The Labute approximate surface area is 153 Å². The lowest BCUT2D eigenvalue weighted by atomic mass is 10.2. The van der Waals surface area contributed by atoms with Crippen LogP contribution in [0, 0.1) is 4.77 Å². The van der Waals surface area contributed by atoms with Crippen molar-refractivity contribution in [2.45, 2.75) is 32.5 Å². The van der Waals surface area contributed by atoms with E-state index < -0.39 is 6.61 Å². The molecular weight excluding hydrogens is 366 g/mol. The number of aromatic nitrogens is 3. The number of halogens is 2. The van der Waals surface area contributed by atoms with Gasteiger partial charge in [0.1, 0.15) is 6.10 Å². The summed E-state index contributed by atoms with van der Waals surface area (Å²) in [6, 6.07) is 4.82. The van der Waals surface area contributed by atoms with Gasteiger partial charge in [0.2, 0.25) is 4.77 Å². The predicted molar refractivity (Wildman–Crippen MR) is 92.6 cm³/mol. The van der Waals surface area contributed by atoms with Gasteiger partial charge in [0, 0.05) is 12.2 Å². The molecule has 0 aliphatic carbocycles. The van der Waals surface area contributed by atoms with Crippen molar-refractivity contribution in [3.05, 3.63) is 34.4 Å². The Kier molecular flexibility index (Phi) is 5.94. The number of hydrogen-bond acceptors (Lipinski definition) is 6. The standard InChI is InChI=1S/C16H18F2N4O3S/c1-2-23-11-6-3-5-10(13(11)25-15(17)18)9-19-22-14(20-21-16(22)26)12-7-4-8-24-12/h3,5-6,9,12,15H,2,4,7-8H2,1H3,(H,21,26)/b19-9-/t12-/m1/s1. The monoisotopic (exact) mass is 384 g/mol. The minimum atomic E-state index is -2.98. The van der Waals surface area contributed by atoms with Crippen LogP contribution in [0.2, 0.25) is 0 Å². The molecule has 0 saturated carbocycles. The summed E-state index contributed by atoms with van der Waals surface area (Å²) in [5.41, 5.74) is 0.331. The van der Waals surface area contributed by atoms with Crippen LogP contribution >= 0.6 is 12.2 Å². The Bertz CT molecular complexity index is 831. The summed E-state index contributed by atoms with van der Waals surface area (Å²) in [7, 11) is 0. The molecule has 1 aromatic heterocycles. The zero-order valence-corrected chi connectivity index (χ0v) is 14.8. The highest BCUT2D eigenvalue weighted by Crippen LogP contribution is 2.32. The fourth-order valence-electron chi connectivity index (χ4n) is 2.64. The second kappa shape index (κ2) is 8.37. The van der Waals surface area contributed by atoms with Crippen LogP contribution in [0.15, 0.2) is 23.3 Å². The molecule has 1 atom stereocenters. The smallest absolute Gasteiger partial charge is 0.387 e. The van der Waals surface area contributed by atoms with Gasteiger partial charge < -0.3 is 14.2 Å². The molecular formula is C16H18F2N4O3S. The number of rotatable bonds is 7. The number of ether oxygens (including phenoxy) is 3. The summed E-state index contributed by atoms with van der Waals surface area (Å²) in [5.74, 6) is 0.676. The van der Waals surface area contributed by atoms with Crippen molar-refractivity contribution in [3.63, 3.8) is 0 Å². The molecule has 0 radical (unpaired) electrons. The maximum absolute atomic E-state index is 12.8. The molecule has 3 rings (SSSR count). The Hall–Kier alpha value is -2.33. The van der Waals surface area contributed by atoms with E-state index in [1.54, 1.807) is 25.1 Å². The number of para-hydroxylation sites is 1. The van der Waals surface area contributed by atoms with Crippen molar-refractivity contribution in [2.24, 2.45) is 5.10 Å². The normalized spacial score (nSPS) is 17.3. The van der Waals surface area contributed by atoms with Gasteiger partial charge in [0.25, 0.3) is 0 Å². The molecule has 7 nitrogen and oxygen atoms in total. The van der Waals surface area contributed by atoms with Gasteiger partial charge >= 0.3 is 6.61 Å². The third-order valence-corrected chi connectivity index (χ3v) is 3.99. The van der Waals surface area contributed by atoms with E-state index in [0.29, 0.717) is 24.6 Å². The van der Waals surface area contributed by atoms with Crippen LogP contribution < -0.4 is 9.47 Å². The Morgan fingerprint density at radius 3 is 3.08 bits per heavy atom. The first kappa shape index (κ1) is 18.5. The average molecular weight is 384 g/mol. The Morgan fingerprint density at radius 1 is 1.54 bits per heavy atom. The maximum Gasteiger partial charge on any atom is 0.387 e. The van der Waals surface area contributed by atoms with Crippen LogP contribution in [-0.2, 0) is 4.74 Å². The number of aromatic amines is 1. The van der Waals surface area contributed by atoms with Crippen molar-refractivity contribution < 1.29 is 23.0 Å². The third kappa shape index (κ3) is 4.07. The molecule has 1 fully saturated rings. The fourth-order valence-corrected chi connectivity index (χ4v) is 2.83. The average Bonchev–Trinajstić information content (AvgIpc) is 3.25. The quantitative estimate of drug-likeness (QED) is 0.582. The van der Waals surface area contributed by atoms with Gasteiger partial charge in [0.05, 0.1) is 12.8 Å². The van der Waals surface area contributed by atoms with Crippen LogP contribution in [0.25, 0.3) is 0 Å². The second-order valence-corrected chi connectivity index (χ2v) is 5.82. The zero-order chi connectivity index (χ0) is 18.5. The van der Waals surface area contributed by atoms with E-state index in [9.17, 15) is 8.78 Å². The molecule has 1 saturated heterocycles. The van der Waals surface area contributed by atoms with Gasteiger partial charge in [-0.25, -0.2) is 0 Å². The van der Waals surface area contributed by atoms with Gasteiger partial charge in [-0.3, -0.25) is 5.10 Å². The van der Waals surface area contributed by atoms with E-state index in [4.69, 9.17) is 21.7 Å². The molecule has 1 aromatic carbocycles. The minimum absolute atomic E-state index is 0.0817. The van der Waals surface area contributed by atoms with Crippen molar-refractivity contribution in [3.8, 4) is 11.5 Å². The maximum atomic E-state index is 12.8. The fraction of sp³-hybridized carbons (Fsp3) is 0.438. The Balaban J connectivity index is 1.95. The summed E-state index contributed by atoms with van der Waals surface area (Å²) in [4.78, 5) is 0. The molecule has 0 amide bonds. The van der Waals surface area contributed by atoms with E-state index in [1.807, 2.05) is 0 Å². The minimum Gasteiger partial charge on any atom is -0.490 e. The summed E-state index contributed by atoms with van der Waals surface area (Å²) in [6.45, 7) is -0.263. The molecule has 26 heavy (non-hydrogen) atoms. The number of benzene rings is 1.